The van der Waals surface area contributed by atoms with E-state index in [0.717, 1.165) is 31.4 Å². The minimum absolute atomic E-state index is 0.0504. The van der Waals surface area contributed by atoms with Gasteiger partial charge in [-0.15, -0.1) is 0 Å². The van der Waals surface area contributed by atoms with Gasteiger partial charge in [-0.1, -0.05) is 42.5 Å². The zero-order chi connectivity index (χ0) is 15.4. The Balaban J connectivity index is 1.93. The van der Waals surface area contributed by atoms with Crippen molar-refractivity contribution in [2.45, 2.75) is 37.5 Å². The van der Waals surface area contributed by atoms with Gasteiger partial charge in [0.2, 0.25) is 0 Å². The van der Waals surface area contributed by atoms with Crippen molar-refractivity contribution in [3.63, 3.8) is 0 Å². The first-order chi connectivity index (χ1) is 10.7. The van der Waals surface area contributed by atoms with E-state index in [1.54, 1.807) is 7.11 Å². The summed E-state index contributed by atoms with van der Waals surface area (Å²) in [6, 6.07) is 18.7. The van der Waals surface area contributed by atoms with Gasteiger partial charge in [0, 0.05) is 18.3 Å². The summed E-state index contributed by atoms with van der Waals surface area (Å²) < 4.78 is 5.23. The molecule has 0 radical (unpaired) electrons. The molecule has 1 saturated carbocycles. The molecular weight excluding hydrogens is 272 g/mol. The second-order valence-corrected chi connectivity index (χ2v) is 6.24. The molecule has 2 aromatic carbocycles. The van der Waals surface area contributed by atoms with Crippen molar-refractivity contribution in [3.8, 4) is 5.75 Å². The standard InChI is InChI=1S/C20H22O2/c1-22-19-11-9-16(10-12-19)14-20(13-5-8-18(21)15-20)17-6-3-2-4-7-17/h2-4,6-7,9-12H,5,8,13-15H2,1H3. The molecular formula is C20H22O2. The molecule has 0 bridgehead atoms. The lowest BCUT2D eigenvalue weighted by molar-refractivity contribution is -0.122. The minimum atomic E-state index is -0.0504. The first-order valence-corrected chi connectivity index (χ1v) is 7.92. The highest BCUT2D eigenvalue weighted by Gasteiger charge is 2.37. The molecule has 1 aliphatic rings. The number of Topliss-reactive ketones (excluding diaryl/α,β-unsaturated/α-hetero) is 1. The molecule has 0 saturated heterocycles. The van der Waals surface area contributed by atoms with Crippen LogP contribution in [0.2, 0.25) is 0 Å². The van der Waals surface area contributed by atoms with Crippen LogP contribution in [0.3, 0.4) is 0 Å². The summed E-state index contributed by atoms with van der Waals surface area (Å²) in [4.78, 5) is 12.1. The lowest BCUT2D eigenvalue weighted by Gasteiger charge is -2.37. The first kappa shape index (κ1) is 14.8. The fourth-order valence-corrected chi connectivity index (χ4v) is 3.60. The van der Waals surface area contributed by atoms with Crippen LogP contribution in [0.1, 0.15) is 36.8 Å². The van der Waals surface area contributed by atoms with Gasteiger partial charge in [-0.2, -0.15) is 0 Å². The van der Waals surface area contributed by atoms with E-state index < -0.39 is 0 Å². The van der Waals surface area contributed by atoms with Crippen molar-refractivity contribution in [1.82, 2.24) is 0 Å². The Kier molecular flexibility index (Phi) is 4.28. The highest BCUT2D eigenvalue weighted by atomic mass is 16.5. The summed E-state index contributed by atoms with van der Waals surface area (Å²) in [6.07, 6.45) is 4.37. The fraction of sp³-hybridized carbons (Fsp3) is 0.350. The molecule has 0 amide bonds. The van der Waals surface area contributed by atoms with Crippen molar-refractivity contribution >= 4 is 5.78 Å². The number of hydrogen-bond acceptors (Lipinski definition) is 2. The van der Waals surface area contributed by atoms with Crippen molar-refractivity contribution in [1.29, 1.82) is 0 Å². The lowest BCUT2D eigenvalue weighted by Crippen LogP contribution is -2.35. The summed E-state index contributed by atoms with van der Waals surface area (Å²) in [5.74, 6) is 1.26. The van der Waals surface area contributed by atoms with Gasteiger partial charge in [0.15, 0.2) is 0 Å². The number of methoxy groups -OCH3 is 1. The molecule has 1 atom stereocenters. The van der Waals surface area contributed by atoms with E-state index in [1.165, 1.54) is 11.1 Å². The topological polar surface area (TPSA) is 26.3 Å². The van der Waals surface area contributed by atoms with E-state index in [2.05, 4.69) is 36.4 Å². The highest BCUT2D eigenvalue weighted by Crippen LogP contribution is 2.41. The van der Waals surface area contributed by atoms with Crippen LogP contribution in [0.15, 0.2) is 54.6 Å². The number of hydrogen-bond donors (Lipinski definition) is 0. The SMILES string of the molecule is COc1ccc(CC2(c3ccccc3)CCCC(=O)C2)cc1. The van der Waals surface area contributed by atoms with Crippen LogP contribution in [0.25, 0.3) is 0 Å². The average Bonchev–Trinajstić information content (AvgIpc) is 2.56. The maximum atomic E-state index is 12.1. The normalized spacial score (nSPS) is 21.6. The molecule has 2 aromatic rings. The molecule has 22 heavy (non-hydrogen) atoms. The number of rotatable bonds is 4. The van der Waals surface area contributed by atoms with Gasteiger partial charge in [-0.3, -0.25) is 4.79 Å². The third kappa shape index (κ3) is 3.06. The Morgan fingerprint density at radius 1 is 1.05 bits per heavy atom. The molecule has 1 unspecified atom stereocenters. The quantitative estimate of drug-likeness (QED) is 0.839. The molecule has 2 heteroatoms. The lowest BCUT2D eigenvalue weighted by atomic mass is 9.66. The summed E-state index contributed by atoms with van der Waals surface area (Å²) in [5, 5.41) is 0. The van der Waals surface area contributed by atoms with Crippen LogP contribution in [-0.2, 0) is 16.6 Å². The number of carbonyl (C=O) groups is 1. The third-order valence-corrected chi connectivity index (χ3v) is 4.73. The highest BCUT2D eigenvalue weighted by molar-refractivity contribution is 5.81. The molecule has 1 fully saturated rings. The van der Waals surface area contributed by atoms with Crippen LogP contribution < -0.4 is 4.74 Å². The van der Waals surface area contributed by atoms with Crippen molar-refractivity contribution < 1.29 is 9.53 Å². The van der Waals surface area contributed by atoms with E-state index in [1.807, 2.05) is 18.2 Å². The van der Waals surface area contributed by atoms with E-state index >= 15 is 0 Å². The molecule has 114 valence electrons. The second-order valence-electron chi connectivity index (χ2n) is 6.24. The van der Waals surface area contributed by atoms with E-state index in [9.17, 15) is 4.79 Å². The summed E-state index contributed by atoms with van der Waals surface area (Å²) in [6.45, 7) is 0. The second kappa shape index (κ2) is 6.35. The van der Waals surface area contributed by atoms with Gasteiger partial charge in [0.05, 0.1) is 7.11 Å². The van der Waals surface area contributed by atoms with Crippen LogP contribution in [0, 0.1) is 0 Å². The van der Waals surface area contributed by atoms with Crippen molar-refractivity contribution in [2.24, 2.45) is 0 Å². The predicted octanol–water partition coefficient (Wildman–Crippen LogP) is 4.32. The molecule has 0 heterocycles. The Bertz CT molecular complexity index is 631. The largest absolute Gasteiger partial charge is 0.497 e. The predicted molar refractivity (Wildman–Crippen MR) is 88.3 cm³/mol. The molecule has 0 aromatic heterocycles. The number of carbonyl (C=O) groups excluding carboxylic acids is 1. The monoisotopic (exact) mass is 294 g/mol. The molecule has 2 nitrogen and oxygen atoms in total. The molecule has 0 spiro atoms. The summed E-state index contributed by atoms with van der Waals surface area (Å²) in [5.41, 5.74) is 2.50. The fourth-order valence-electron chi connectivity index (χ4n) is 3.60. The number of benzene rings is 2. The van der Waals surface area contributed by atoms with Gasteiger partial charge in [-0.05, 0) is 42.5 Å². The van der Waals surface area contributed by atoms with E-state index in [4.69, 9.17) is 4.74 Å². The maximum absolute atomic E-state index is 12.1. The Morgan fingerprint density at radius 3 is 2.41 bits per heavy atom. The maximum Gasteiger partial charge on any atom is 0.133 e. The molecule has 0 N–H and O–H groups in total. The number of ether oxygens (including phenoxy) is 1. The van der Waals surface area contributed by atoms with Gasteiger partial charge in [0.1, 0.15) is 11.5 Å². The van der Waals surface area contributed by atoms with E-state index in [0.29, 0.717) is 12.2 Å². The summed E-state index contributed by atoms with van der Waals surface area (Å²) >= 11 is 0. The molecule has 3 rings (SSSR count). The number of ketones is 1. The van der Waals surface area contributed by atoms with Gasteiger partial charge < -0.3 is 4.74 Å². The zero-order valence-electron chi connectivity index (χ0n) is 13.0. The van der Waals surface area contributed by atoms with Crippen molar-refractivity contribution in [2.75, 3.05) is 7.11 Å². The third-order valence-electron chi connectivity index (χ3n) is 4.73. The van der Waals surface area contributed by atoms with Crippen LogP contribution >= 0.6 is 0 Å². The van der Waals surface area contributed by atoms with E-state index in [-0.39, 0.29) is 5.41 Å². The zero-order valence-corrected chi connectivity index (χ0v) is 13.0. The first-order valence-electron chi connectivity index (χ1n) is 7.92. The van der Waals surface area contributed by atoms with Crippen molar-refractivity contribution in [3.05, 3.63) is 65.7 Å². The van der Waals surface area contributed by atoms with Crippen LogP contribution in [0.4, 0.5) is 0 Å². The summed E-state index contributed by atoms with van der Waals surface area (Å²) in [7, 11) is 1.68. The molecule has 1 aliphatic carbocycles. The van der Waals surface area contributed by atoms with Crippen LogP contribution in [0.5, 0.6) is 5.75 Å². The molecule has 0 aliphatic heterocycles. The van der Waals surface area contributed by atoms with Gasteiger partial charge in [-0.25, -0.2) is 0 Å². The van der Waals surface area contributed by atoms with Gasteiger partial charge in [0.25, 0.3) is 0 Å². The average molecular weight is 294 g/mol. The smallest absolute Gasteiger partial charge is 0.133 e. The Morgan fingerprint density at radius 2 is 1.77 bits per heavy atom. The van der Waals surface area contributed by atoms with Gasteiger partial charge >= 0.3 is 0 Å². The Labute approximate surface area is 132 Å². The minimum Gasteiger partial charge on any atom is -0.497 e. The van der Waals surface area contributed by atoms with Crippen LogP contribution in [-0.4, -0.2) is 12.9 Å². The Hall–Kier alpha value is -2.09.